The van der Waals surface area contributed by atoms with Crippen molar-refractivity contribution in [1.82, 2.24) is 5.32 Å². The maximum absolute atomic E-state index is 12.5. The summed E-state index contributed by atoms with van der Waals surface area (Å²) in [6, 6.07) is -0.553. The first-order chi connectivity index (χ1) is 34.5. The average Bonchev–Trinajstić information content (AvgIpc) is 3.36. The Bertz CT molecular complexity index is 1050. The highest BCUT2D eigenvalue weighted by molar-refractivity contribution is 5.76. The molecule has 0 aliphatic rings. The lowest BCUT2D eigenvalue weighted by molar-refractivity contribution is -0.143. The van der Waals surface area contributed by atoms with Crippen LogP contribution in [-0.2, 0) is 14.3 Å². The Morgan fingerprint density at radius 1 is 0.386 bits per heavy atom. The number of hydrogen-bond donors (Lipinski definition) is 3. The number of esters is 1. The van der Waals surface area contributed by atoms with E-state index in [9.17, 15) is 19.8 Å². The van der Waals surface area contributed by atoms with E-state index in [1.165, 1.54) is 257 Å². The molecule has 2 atom stereocenters. The highest BCUT2D eigenvalue weighted by Crippen LogP contribution is 2.18. The fraction of sp³-hybridized carbons (Fsp3) is 0.938. The second-order valence-electron chi connectivity index (χ2n) is 22.1. The average molecular weight is 989 g/mol. The molecule has 416 valence electrons. The minimum Gasteiger partial charge on any atom is -0.466 e. The fourth-order valence-electron chi connectivity index (χ4n) is 10.2. The van der Waals surface area contributed by atoms with Gasteiger partial charge in [0.25, 0.3) is 0 Å². The van der Waals surface area contributed by atoms with Gasteiger partial charge in [-0.25, -0.2) is 0 Å². The first-order valence-corrected chi connectivity index (χ1v) is 31.9. The molecule has 70 heavy (non-hydrogen) atoms. The molecule has 0 rings (SSSR count). The molecule has 0 aromatic heterocycles. The molecule has 0 aliphatic heterocycles. The van der Waals surface area contributed by atoms with E-state index in [2.05, 4.69) is 31.3 Å². The van der Waals surface area contributed by atoms with E-state index in [1.54, 1.807) is 0 Å². The van der Waals surface area contributed by atoms with Crippen molar-refractivity contribution < 1.29 is 24.5 Å². The molecule has 1 amide bonds. The van der Waals surface area contributed by atoms with Crippen molar-refractivity contribution in [2.24, 2.45) is 0 Å². The standard InChI is InChI=1S/C64H125NO5/c1-3-5-7-9-11-13-15-17-18-19-20-21-22-23-24-25-26-27-29-33-36-40-44-48-52-56-62(67)61(60-66)65-63(68)57-53-49-45-41-37-34-30-28-31-35-39-43-47-51-55-59-70-64(69)58-54-50-46-42-38-32-16-14-12-10-8-6-4-2/h31,35,61-62,66-67H,3-30,32-34,36-60H2,1-2H3,(H,65,68)/b35-31-. The van der Waals surface area contributed by atoms with Crippen LogP contribution in [0.4, 0.5) is 0 Å². The summed E-state index contributed by atoms with van der Waals surface area (Å²) < 4.78 is 5.46. The van der Waals surface area contributed by atoms with Crippen molar-refractivity contribution in [3.63, 3.8) is 0 Å². The molecule has 0 radical (unpaired) electrons. The van der Waals surface area contributed by atoms with Crippen LogP contribution in [0.15, 0.2) is 12.2 Å². The lowest BCUT2D eigenvalue weighted by atomic mass is 10.0. The number of rotatable bonds is 60. The van der Waals surface area contributed by atoms with Gasteiger partial charge in [-0.3, -0.25) is 9.59 Å². The smallest absolute Gasteiger partial charge is 0.305 e. The van der Waals surface area contributed by atoms with Gasteiger partial charge in [-0.2, -0.15) is 0 Å². The van der Waals surface area contributed by atoms with Crippen LogP contribution in [0.25, 0.3) is 0 Å². The molecule has 6 nitrogen and oxygen atoms in total. The van der Waals surface area contributed by atoms with Crippen molar-refractivity contribution in [3.8, 4) is 0 Å². The van der Waals surface area contributed by atoms with Crippen molar-refractivity contribution in [2.75, 3.05) is 13.2 Å². The van der Waals surface area contributed by atoms with Gasteiger partial charge in [0.05, 0.1) is 25.4 Å². The molecule has 6 heteroatoms. The van der Waals surface area contributed by atoms with Crippen LogP contribution in [0.1, 0.15) is 361 Å². The van der Waals surface area contributed by atoms with Crippen LogP contribution >= 0.6 is 0 Å². The molecule has 0 saturated heterocycles. The Morgan fingerprint density at radius 3 is 1.01 bits per heavy atom. The minimum atomic E-state index is -0.675. The van der Waals surface area contributed by atoms with Crippen molar-refractivity contribution in [3.05, 3.63) is 12.2 Å². The summed E-state index contributed by atoms with van der Waals surface area (Å²) in [4.78, 5) is 24.6. The minimum absolute atomic E-state index is 0.00726. The Kier molecular flexibility index (Phi) is 59.0. The van der Waals surface area contributed by atoms with Gasteiger partial charge >= 0.3 is 5.97 Å². The van der Waals surface area contributed by atoms with E-state index in [1.807, 2.05) is 0 Å². The number of ether oxygens (including phenoxy) is 1. The van der Waals surface area contributed by atoms with Gasteiger partial charge < -0.3 is 20.3 Å². The maximum Gasteiger partial charge on any atom is 0.305 e. The normalized spacial score (nSPS) is 12.6. The summed E-state index contributed by atoms with van der Waals surface area (Å²) in [5.41, 5.74) is 0. The summed E-state index contributed by atoms with van der Waals surface area (Å²) in [5.74, 6) is -0.0528. The van der Waals surface area contributed by atoms with E-state index in [4.69, 9.17) is 4.74 Å². The van der Waals surface area contributed by atoms with Crippen LogP contribution in [0.2, 0.25) is 0 Å². The van der Waals surface area contributed by atoms with Crippen LogP contribution in [0.3, 0.4) is 0 Å². The number of allylic oxidation sites excluding steroid dienone is 2. The van der Waals surface area contributed by atoms with Crippen LogP contribution in [-0.4, -0.2) is 47.4 Å². The van der Waals surface area contributed by atoms with Gasteiger partial charge in [-0.15, -0.1) is 0 Å². The summed E-state index contributed by atoms with van der Waals surface area (Å²) in [6.45, 7) is 4.95. The van der Waals surface area contributed by atoms with E-state index in [0.717, 1.165) is 70.6 Å². The Balaban J connectivity index is 3.45. The monoisotopic (exact) mass is 988 g/mol. The van der Waals surface area contributed by atoms with E-state index >= 15 is 0 Å². The van der Waals surface area contributed by atoms with Gasteiger partial charge in [0.2, 0.25) is 5.91 Å². The number of nitrogens with one attached hydrogen (secondary N) is 1. The van der Waals surface area contributed by atoms with E-state index in [-0.39, 0.29) is 18.5 Å². The zero-order valence-electron chi connectivity index (χ0n) is 47.5. The number of hydrogen-bond acceptors (Lipinski definition) is 5. The van der Waals surface area contributed by atoms with Crippen LogP contribution in [0, 0.1) is 0 Å². The van der Waals surface area contributed by atoms with Gasteiger partial charge in [0.1, 0.15) is 0 Å². The molecule has 0 saturated carbocycles. The number of unbranched alkanes of at least 4 members (excludes halogenated alkanes) is 47. The second kappa shape index (κ2) is 60.2. The zero-order valence-corrected chi connectivity index (χ0v) is 47.5. The summed E-state index contributed by atoms with van der Waals surface area (Å²) >= 11 is 0. The zero-order chi connectivity index (χ0) is 50.7. The molecule has 0 heterocycles. The maximum atomic E-state index is 12.5. The van der Waals surface area contributed by atoms with Gasteiger partial charge in [0.15, 0.2) is 0 Å². The molecule has 0 bridgehead atoms. The molecule has 2 unspecified atom stereocenters. The first-order valence-electron chi connectivity index (χ1n) is 31.9. The molecule has 0 fully saturated rings. The molecular weight excluding hydrogens is 863 g/mol. The summed E-state index contributed by atoms with van der Waals surface area (Å²) in [5, 5.41) is 23.4. The fourth-order valence-corrected chi connectivity index (χ4v) is 10.2. The van der Waals surface area contributed by atoms with Gasteiger partial charge in [-0.05, 0) is 51.4 Å². The second-order valence-corrected chi connectivity index (χ2v) is 22.1. The Morgan fingerprint density at radius 2 is 0.671 bits per heavy atom. The molecule has 0 spiro atoms. The molecule has 0 aliphatic carbocycles. The topological polar surface area (TPSA) is 95.9 Å². The number of aliphatic hydroxyl groups excluding tert-OH is 2. The molecule has 0 aromatic rings. The van der Waals surface area contributed by atoms with Gasteiger partial charge in [-0.1, -0.05) is 309 Å². The van der Waals surface area contributed by atoms with Crippen molar-refractivity contribution in [2.45, 2.75) is 373 Å². The number of carbonyl (C=O) groups excluding carboxylic acids is 2. The Hall–Kier alpha value is -1.40. The lowest BCUT2D eigenvalue weighted by Gasteiger charge is -2.22. The molecule has 0 aromatic carbocycles. The lowest BCUT2D eigenvalue weighted by Crippen LogP contribution is -2.45. The summed E-state index contributed by atoms with van der Waals surface area (Å²) in [7, 11) is 0. The predicted octanol–water partition coefficient (Wildman–Crippen LogP) is 20.0. The number of carbonyl (C=O) groups is 2. The molecular formula is C64H125NO5. The highest BCUT2D eigenvalue weighted by Gasteiger charge is 2.20. The van der Waals surface area contributed by atoms with Crippen molar-refractivity contribution in [1.29, 1.82) is 0 Å². The number of amides is 1. The first kappa shape index (κ1) is 68.6. The summed E-state index contributed by atoms with van der Waals surface area (Å²) in [6.07, 6.45) is 72.2. The van der Waals surface area contributed by atoms with Crippen LogP contribution in [0.5, 0.6) is 0 Å². The van der Waals surface area contributed by atoms with E-state index in [0.29, 0.717) is 25.9 Å². The van der Waals surface area contributed by atoms with Crippen molar-refractivity contribution >= 4 is 11.9 Å². The van der Waals surface area contributed by atoms with Crippen LogP contribution < -0.4 is 5.32 Å². The SMILES string of the molecule is CCCCCCCCCCCCCCCCCCCCCCCCCCCC(O)C(CO)NC(=O)CCCCCCCCC/C=C\CCCCCCOC(=O)CCCCCCCCCCCCCCC. The predicted molar refractivity (Wildman–Crippen MR) is 306 cm³/mol. The highest BCUT2D eigenvalue weighted by atomic mass is 16.5. The van der Waals surface area contributed by atoms with E-state index < -0.39 is 12.1 Å². The Labute approximate surface area is 438 Å². The van der Waals surface area contributed by atoms with Gasteiger partial charge in [0, 0.05) is 12.8 Å². The number of aliphatic hydroxyl groups is 2. The largest absolute Gasteiger partial charge is 0.466 e. The third kappa shape index (κ3) is 55.9. The molecule has 3 N–H and O–H groups in total. The third-order valence-electron chi connectivity index (χ3n) is 15.1. The quantitative estimate of drug-likeness (QED) is 0.0321. The third-order valence-corrected chi connectivity index (χ3v) is 15.1.